The topological polar surface area (TPSA) is 158 Å². The Hall–Kier alpha value is -3.06. The molecular formula is C26H30ClFN3O9P. The molecule has 1 aromatic heterocycles. The van der Waals surface area contributed by atoms with Gasteiger partial charge in [-0.05, 0) is 39.1 Å². The Balaban J connectivity index is 1.61. The number of halogens is 2. The highest BCUT2D eigenvalue weighted by molar-refractivity contribution is 7.52. The van der Waals surface area contributed by atoms with E-state index in [4.69, 9.17) is 30.1 Å². The Morgan fingerprint density at radius 1 is 1.24 bits per heavy atom. The zero-order chi connectivity index (χ0) is 30.1. The van der Waals surface area contributed by atoms with Crippen molar-refractivity contribution in [3.8, 4) is 5.75 Å². The minimum Gasteiger partial charge on any atom is -0.462 e. The molecule has 222 valence electrons. The lowest BCUT2D eigenvalue weighted by molar-refractivity contribution is -0.149. The van der Waals surface area contributed by atoms with Gasteiger partial charge in [0.05, 0.1) is 12.7 Å². The number of fused-ring (bicyclic) bond motifs is 1. The number of aliphatic hydroxyl groups is 1. The number of aromatic nitrogens is 2. The normalized spacial score (nSPS) is 24.7. The summed E-state index contributed by atoms with van der Waals surface area (Å²) in [6.45, 7) is 5.00. The molecule has 41 heavy (non-hydrogen) atoms. The van der Waals surface area contributed by atoms with E-state index in [-0.39, 0.29) is 5.75 Å². The van der Waals surface area contributed by atoms with Gasteiger partial charge in [0.25, 0.3) is 5.56 Å². The van der Waals surface area contributed by atoms with Gasteiger partial charge < -0.3 is 19.1 Å². The van der Waals surface area contributed by atoms with Crippen molar-refractivity contribution in [2.45, 2.75) is 63.9 Å². The van der Waals surface area contributed by atoms with Crippen molar-refractivity contribution in [1.29, 1.82) is 0 Å². The Morgan fingerprint density at radius 2 is 1.93 bits per heavy atom. The van der Waals surface area contributed by atoms with E-state index in [0.29, 0.717) is 9.95 Å². The first-order chi connectivity index (χ1) is 19.2. The molecule has 0 bridgehead atoms. The molecule has 0 unspecified atom stereocenters. The van der Waals surface area contributed by atoms with Gasteiger partial charge in [-0.25, -0.2) is 13.8 Å². The van der Waals surface area contributed by atoms with Gasteiger partial charge in [-0.2, -0.15) is 5.09 Å². The fraction of sp³-hybridized carbons (Fsp3) is 0.423. The molecule has 2 aromatic carbocycles. The van der Waals surface area contributed by atoms with Crippen LogP contribution in [-0.2, 0) is 23.4 Å². The lowest BCUT2D eigenvalue weighted by Gasteiger charge is -2.26. The number of carbonyl (C=O) groups is 1. The summed E-state index contributed by atoms with van der Waals surface area (Å²) in [7, 11) is -4.44. The van der Waals surface area contributed by atoms with Crippen LogP contribution in [0.5, 0.6) is 5.75 Å². The monoisotopic (exact) mass is 613 g/mol. The van der Waals surface area contributed by atoms with E-state index in [1.54, 1.807) is 38.1 Å². The third-order valence-corrected chi connectivity index (χ3v) is 8.23. The van der Waals surface area contributed by atoms with Gasteiger partial charge in [0.2, 0.25) is 0 Å². The van der Waals surface area contributed by atoms with Crippen molar-refractivity contribution >= 4 is 36.1 Å². The third-order valence-electron chi connectivity index (χ3n) is 6.33. The Morgan fingerprint density at radius 3 is 2.63 bits per heavy atom. The number of aliphatic hydroxyl groups excluding tert-OH is 1. The van der Waals surface area contributed by atoms with Gasteiger partial charge in [-0.1, -0.05) is 48.0 Å². The summed E-state index contributed by atoms with van der Waals surface area (Å²) in [5.74, 6) is -0.563. The molecule has 0 aliphatic carbocycles. The van der Waals surface area contributed by atoms with Gasteiger partial charge in [-0.3, -0.25) is 23.7 Å². The average Bonchev–Trinajstić information content (AvgIpc) is 3.13. The number of benzene rings is 2. The second-order valence-corrected chi connectivity index (χ2v) is 12.1. The second-order valence-electron chi connectivity index (χ2n) is 9.96. The molecule has 3 aromatic rings. The number of aromatic amines is 1. The maximum atomic E-state index is 15.7. The predicted octanol–water partition coefficient (Wildman–Crippen LogP) is 3.46. The van der Waals surface area contributed by atoms with E-state index in [9.17, 15) is 24.1 Å². The van der Waals surface area contributed by atoms with Crippen LogP contribution in [0.15, 0.2) is 58.3 Å². The van der Waals surface area contributed by atoms with Gasteiger partial charge in [0.15, 0.2) is 11.9 Å². The van der Waals surface area contributed by atoms with E-state index in [1.807, 2.05) is 23.2 Å². The molecule has 0 radical (unpaired) electrons. The Kier molecular flexibility index (Phi) is 9.07. The van der Waals surface area contributed by atoms with Crippen LogP contribution in [-0.4, -0.2) is 57.3 Å². The average molecular weight is 614 g/mol. The van der Waals surface area contributed by atoms with E-state index < -0.39 is 72.8 Å². The standard InChI is InChI=1S/C26H30ClFN3O9P/c1-14(2)38-23(34)15(3)30-41(36,40-19-11-7-9-16-8-5-6-10-17(16)19)37-13-20-21(32)26(4,28)24(39-20)31-12-18(27)22(33)29-25(31)35/h5-12,14-15,20-21,24,32H,13H2,1-4H3,(H,30,36)(H,29,33,35)/t15-,20-,21-,24-,26-,41-/m1/s1. The SMILES string of the molecule is CC(C)OC(=O)[C@@H](C)N[P@@](=O)(OC[C@H]1O[C@@H](n2cc(Cl)c(=O)[nH]c2=O)[C@](C)(F)[C@@H]1O)Oc1cccc2ccccc12. The van der Waals surface area contributed by atoms with Gasteiger partial charge >= 0.3 is 19.4 Å². The van der Waals surface area contributed by atoms with Crippen LogP contribution in [0.3, 0.4) is 0 Å². The zero-order valence-electron chi connectivity index (χ0n) is 22.6. The van der Waals surface area contributed by atoms with Crippen molar-refractivity contribution in [3.05, 3.63) is 74.5 Å². The number of carbonyl (C=O) groups excluding carboxylic acids is 1. The molecule has 1 fully saturated rings. The van der Waals surface area contributed by atoms with Crippen LogP contribution in [0, 0.1) is 0 Å². The van der Waals surface area contributed by atoms with E-state index >= 15 is 4.39 Å². The number of H-pyrrole nitrogens is 1. The van der Waals surface area contributed by atoms with Crippen molar-refractivity contribution in [2.75, 3.05) is 6.61 Å². The lowest BCUT2D eigenvalue weighted by atomic mass is 9.98. The summed E-state index contributed by atoms with van der Waals surface area (Å²) in [6.07, 6.45) is -4.62. The fourth-order valence-electron chi connectivity index (χ4n) is 4.28. The van der Waals surface area contributed by atoms with Crippen LogP contribution >= 0.6 is 19.3 Å². The highest BCUT2D eigenvalue weighted by Crippen LogP contribution is 2.48. The number of alkyl halides is 1. The summed E-state index contributed by atoms with van der Waals surface area (Å²) in [6, 6.07) is 11.0. The first kappa shape index (κ1) is 30.9. The highest BCUT2D eigenvalue weighted by Gasteiger charge is 2.56. The number of esters is 1. The molecule has 4 rings (SSSR count). The molecule has 1 aliphatic heterocycles. The summed E-state index contributed by atoms with van der Waals surface area (Å²) < 4.78 is 52.6. The Bertz CT molecular complexity index is 1590. The summed E-state index contributed by atoms with van der Waals surface area (Å²) in [5.41, 5.74) is -4.47. The number of hydrogen-bond acceptors (Lipinski definition) is 9. The van der Waals surface area contributed by atoms with Gasteiger partial charge in [0, 0.05) is 11.6 Å². The Labute approximate surface area is 238 Å². The van der Waals surface area contributed by atoms with Crippen molar-refractivity contribution in [1.82, 2.24) is 14.6 Å². The fourth-order valence-corrected chi connectivity index (χ4v) is 5.95. The minimum atomic E-state index is -4.44. The molecule has 0 spiro atoms. The van der Waals surface area contributed by atoms with Gasteiger partial charge in [0.1, 0.15) is 29.0 Å². The maximum absolute atomic E-state index is 15.7. The molecule has 6 atom stereocenters. The molecule has 1 aliphatic rings. The number of hydrogen-bond donors (Lipinski definition) is 3. The number of nitrogens with one attached hydrogen (secondary N) is 2. The third kappa shape index (κ3) is 6.72. The first-order valence-corrected chi connectivity index (χ1v) is 14.6. The second kappa shape index (κ2) is 12.0. The summed E-state index contributed by atoms with van der Waals surface area (Å²) in [4.78, 5) is 38.4. The maximum Gasteiger partial charge on any atom is 0.459 e. The minimum absolute atomic E-state index is 0.166. The first-order valence-electron chi connectivity index (χ1n) is 12.7. The van der Waals surface area contributed by atoms with Crippen LogP contribution in [0.4, 0.5) is 4.39 Å². The quantitative estimate of drug-likeness (QED) is 0.228. The van der Waals surface area contributed by atoms with E-state index in [2.05, 4.69) is 5.09 Å². The van der Waals surface area contributed by atoms with Crippen LogP contribution in [0.2, 0.25) is 5.02 Å². The van der Waals surface area contributed by atoms with Crippen molar-refractivity contribution < 1.29 is 37.4 Å². The van der Waals surface area contributed by atoms with E-state index in [0.717, 1.165) is 18.5 Å². The number of ether oxygens (including phenoxy) is 2. The van der Waals surface area contributed by atoms with Crippen molar-refractivity contribution in [3.63, 3.8) is 0 Å². The smallest absolute Gasteiger partial charge is 0.459 e. The highest BCUT2D eigenvalue weighted by atomic mass is 35.5. The summed E-state index contributed by atoms with van der Waals surface area (Å²) >= 11 is 5.81. The van der Waals surface area contributed by atoms with E-state index in [1.165, 1.54) is 6.92 Å². The van der Waals surface area contributed by atoms with Crippen LogP contribution < -0.4 is 20.9 Å². The van der Waals surface area contributed by atoms with Crippen LogP contribution in [0.1, 0.15) is 33.9 Å². The van der Waals surface area contributed by atoms with Gasteiger partial charge in [-0.15, -0.1) is 0 Å². The molecule has 0 saturated carbocycles. The number of nitrogens with zero attached hydrogens (tertiary/aromatic N) is 1. The molecule has 15 heteroatoms. The molecule has 3 N–H and O–H groups in total. The molecule has 12 nitrogen and oxygen atoms in total. The molecule has 0 amide bonds. The molecular weight excluding hydrogens is 584 g/mol. The predicted molar refractivity (Wildman–Crippen MR) is 148 cm³/mol. The molecule has 2 heterocycles. The van der Waals surface area contributed by atoms with Crippen LogP contribution in [0.25, 0.3) is 10.8 Å². The molecule has 1 saturated heterocycles. The summed E-state index contributed by atoms with van der Waals surface area (Å²) in [5, 5.41) is 14.2. The van der Waals surface area contributed by atoms with Crippen molar-refractivity contribution in [2.24, 2.45) is 0 Å². The lowest BCUT2D eigenvalue weighted by Crippen LogP contribution is -2.44. The largest absolute Gasteiger partial charge is 0.462 e. The zero-order valence-corrected chi connectivity index (χ0v) is 24.2. The number of rotatable bonds is 10.